The van der Waals surface area contributed by atoms with Crippen molar-refractivity contribution in [3.8, 4) is 0 Å². The standard InChI is InChI=1S/C28H32BrN3O/c1-17-11-18(2)22(19(3)12-17)16-25(30)28(33)32-26-9-10-31-27-23(26)14-21(15-24(27)29)13-20-7-5-4-6-8-20/h4-8,11-12,14-15,25-26,31H,9-10,13,16,30H2,1-3H3,(H,32,33). The smallest absolute Gasteiger partial charge is 0.237 e. The third kappa shape index (κ3) is 5.48. The van der Waals surface area contributed by atoms with Crippen LogP contribution in [0, 0.1) is 20.8 Å². The molecule has 0 aliphatic carbocycles. The van der Waals surface area contributed by atoms with E-state index in [0.29, 0.717) is 6.42 Å². The first kappa shape index (κ1) is 23.5. The molecule has 0 saturated heterocycles. The Hall–Kier alpha value is -2.63. The van der Waals surface area contributed by atoms with E-state index in [9.17, 15) is 4.79 Å². The molecule has 5 heteroatoms. The summed E-state index contributed by atoms with van der Waals surface area (Å²) in [4.78, 5) is 13.1. The van der Waals surface area contributed by atoms with Gasteiger partial charge in [0.1, 0.15) is 0 Å². The Labute approximate surface area is 205 Å². The number of hydrogen-bond acceptors (Lipinski definition) is 3. The van der Waals surface area contributed by atoms with Gasteiger partial charge in [-0.3, -0.25) is 4.79 Å². The van der Waals surface area contributed by atoms with E-state index in [0.717, 1.165) is 35.1 Å². The molecule has 3 aromatic carbocycles. The molecule has 1 amide bonds. The molecule has 0 saturated carbocycles. The third-order valence-electron chi connectivity index (χ3n) is 6.46. The molecule has 33 heavy (non-hydrogen) atoms. The predicted octanol–water partition coefficient (Wildman–Crippen LogP) is 5.51. The molecule has 1 aliphatic heterocycles. The number of halogens is 1. The highest BCUT2D eigenvalue weighted by Gasteiger charge is 2.26. The van der Waals surface area contributed by atoms with Crippen LogP contribution in [0.2, 0.25) is 0 Å². The lowest BCUT2D eigenvalue weighted by molar-refractivity contribution is -0.123. The summed E-state index contributed by atoms with van der Waals surface area (Å²) < 4.78 is 1.03. The number of anilines is 1. The zero-order valence-electron chi connectivity index (χ0n) is 19.5. The fourth-order valence-electron chi connectivity index (χ4n) is 4.85. The molecule has 2 unspecified atom stereocenters. The summed E-state index contributed by atoms with van der Waals surface area (Å²) in [7, 11) is 0. The van der Waals surface area contributed by atoms with Gasteiger partial charge >= 0.3 is 0 Å². The van der Waals surface area contributed by atoms with E-state index in [1.54, 1.807) is 0 Å². The molecule has 4 rings (SSSR count). The van der Waals surface area contributed by atoms with Crippen LogP contribution in [0.5, 0.6) is 0 Å². The number of carbonyl (C=O) groups excluding carboxylic acids is 1. The number of hydrogen-bond donors (Lipinski definition) is 3. The topological polar surface area (TPSA) is 67.2 Å². The quantitative estimate of drug-likeness (QED) is 0.413. The Balaban J connectivity index is 1.52. The molecular formula is C28H32BrN3O. The lowest BCUT2D eigenvalue weighted by Gasteiger charge is -2.30. The molecule has 4 nitrogen and oxygen atoms in total. The average Bonchev–Trinajstić information content (AvgIpc) is 2.77. The largest absolute Gasteiger partial charge is 0.384 e. The van der Waals surface area contributed by atoms with Crippen molar-refractivity contribution in [2.75, 3.05) is 11.9 Å². The zero-order valence-corrected chi connectivity index (χ0v) is 21.1. The van der Waals surface area contributed by atoms with Crippen LogP contribution in [0.1, 0.15) is 51.4 Å². The number of carbonyl (C=O) groups is 1. The van der Waals surface area contributed by atoms with Gasteiger partial charge < -0.3 is 16.4 Å². The van der Waals surface area contributed by atoms with E-state index in [1.165, 1.54) is 33.4 Å². The molecule has 0 bridgehead atoms. The van der Waals surface area contributed by atoms with Crippen molar-refractivity contribution < 1.29 is 4.79 Å². The maximum atomic E-state index is 13.1. The van der Waals surface area contributed by atoms with Gasteiger partial charge in [-0.1, -0.05) is 54.1 Å². The van der Waals surface area contributed by atoms with Gasteiger partial charge in [-0.25, -0.2) is 0 Å². The first-order chi connectivity index (χ1) is 15.8. The van der Waals surface area contributed by atoms with Crippen molar-refractivity contribution in [3.05, 3.63) is 98.0 Å². The van der Waals surface area contributed by atoms with E-state index < -0.39 is 6.04 Å². The van der Waals surface area contributed by atoms with E-state index in [2.05, 4.69) is 95.9 Å². The minimum atomic E-state index is -0.584. The normalized spacial score (nSPS) is 16.0. The first-order valence-electron chi connectivity index (χ1n) is 11.5. The minimum Gasteiger partial charge on any atom is -0.384 e. The number of rotatable bonds is 6. The van der Waals surface area contributed by atoms with Crippen molar-refractivity contribution in [2.45, 2.75) is 52.1 Å². The molecule has 0 aromatic heterocycles. The number of aryl methyl sites for hydroxylation is 3. The Kier molecular flexibility index (Phi) is 7.20. The Bertz CT molecular complexity index is 1140. The Morgan fingerprint density at radius 2 is 1.79 bits per heavy atom. The van der Waals surface area contributed by atoms with Gasteiger partial charge in [0, 0.05) is 11.0 Å². The number of nitrogens with two attached hydrogens (primary N) is 1. The number of nitrogens with one attached hydrogen (secondary N) is 2. The third-order valence-corrected chi connectivity index (χ3v) is 7.08. The molecule has 0 fully saturated rings. The van der Waals surface area contributed by atoms with Crippen molar-refractivity contribution in [2.24, 2.45) is 5.73 Å². The van der Waals surface area contributed by atoms with E-state index in [4.69, 9.17) is 5.73 Å². The predicted molar refractivity (Wildman–Crippen MR) is 140 cm³/mol. The van der Waals surface area contributed by atoms with Crippen molar-refractivity contribution in [1.82, 2.24) is 5.32 Å². The molecule has 2 atom stereocenters. The number of fused-ring (bicyclic) bond motifs is 1. The average molecular weight is 506 g/mol. The molecular weight excluding hydrogens is 474 g/mol. The molecule has 0 radical (unpaired) electrons. The summed E-state index contributed by atoms with van der Waals surface area (Å²) in [5.74, 6) is -0.100. The summed E-state index contributed by atoms with van der Waals surface area (Å²) in [6, 6.07) is 18.5. The van der Waals surface area contributed by atoms with Gasteiger partial charge in [-0.05, 0) is 95.4 Å². The van der Waals surface area contributed by atoms with Crippen LogP contribution >= 0.6 is 15.9 Å². The fraction of sp³-hybridized carbons (Fsp3) is 0.321. The van der Waals surface area contributed by atoms with Gasteiger partial charge in [0.2, 0.25) is 5.91 Å². The highest BCUT2D eigenvalue weighted by atomic mass is 79.9. The molecule has 172 valence electrons. The van der Waals surface area contributed by atoms with Crippen LogP contribution in [-0.2, 0) is 17.6 Å². The van der Waals surface area contributed by atoms with Gasteiger partial charge in [0.05, 0.1) is 17.8 Å². The van der Waals surface area contributed by atoms with Gasteiger partial charge in [0.25, 0.3) is 0 Å². The fourth-order valence-corrected chi connectivity index (χ4v) is 5.51. The lowest BCUT2D eigenvalue weighted by atomic mass is 9.92. The first-order valence-corrected chi connectivity index (χ1v) is 12.3. The van der Waals surface area contributed by atoms with E-state index in [1.807, 2.05) is 6.07 Å². The molecule has 1 aliphatic rings. The summed E-state index contributed by atoms with van der Waals surface area (Å²) in [6.45, 7) is 7.08. The van der Waals surface area contributed by atoms with E-state index >= 15 is 0 Å². The SMILES string of the molecule is Cc1cc(C)c(CC(N)C(=O)NC2CCNc3c(Br)cc(Cc4ccccc4)cc32)c(C)c1. The molecule has 0 spiro atoms. The maximum absolute atomic E-state index is 13.1. The van der Waals surface area contributed by atoms with Crippen LogP contribution < -0.4 is 16.4 Å². The number of benzene rings is 3. The number of amides is 1. The molecule has 4 N–H and O–H groups in total. The highest BCUT2D eigenvalue weighted by molar-refractivity contribution is 9.10. The highest BCUT2D eigenvalue weighted by Crippen LogP contribution is 2.37. The Morgan fingerprint density at radius 3 is 2.48 bits per heavy atom. The van der Waals surface area contributed by atoms with Gasteiger partial charge in [-0.15, -0.1) is 0 Å². The monoisotopic (exact) mass is 505 g/mol. The summed E-state index contributed by atoms with van der Waals surface area (Å²) in [5.41, 5.74) is 15.8. The van der Waals surface area contributed by atoms with Crippen LogP contribution in [0.25, 0.3) is 0 Å². The lowest BCUT2D eigenvalue weighted by Crippen LogP contribution is -2.44. The van der Waals surface area contributed by atoms with Crippen LogP contribution in [0.4, 0.5) is 5.69 Å². The summed E-state index contributed by atoms with van der Waals surface area (Å²) in [6.07, 6.45) is 2.22. The zero-order chi connectivity index (χ0) is 23.5. The minimum absolute atomic E-state index is 0.0629. The van der Waals surface area contributed by atoms with Gasteiger partial charge in [0.15, 0.2) is 0 Å². The van der Waals surface area contributed by atoms with E-state index in [-0.39, 0.29) is 11.9 Å². The van der Waals surface area contributed by atoms with Crippen molar-refractivity contribution >= 4 is 27.5 Å². The Morgan fingerprint density at radius 1 is 1.09 bits per heavy atom. The van der Waals surface area contributed by atoms with Crippen LogP contribution in [0.15, 0.2) is 59.1 Å². The summed E-state index contributed by atoms with van der Waals surface area (Å²) in [5, 5.41) is 6.72. The molecule has 1 heterocycles. The van der Waals surface area contributed by atoms with Gasteiger partial charge in [-0.2, -0.15) is 0 Å². The second-order valence-corrected chi connectivity index (χ2v) is 10.0. The maximum Gasteiger partial charge on any atom is 0.237 e. The van der Waals surface area contributed by atoms with Crippen LogP contribution in [-0.4, -0.2) is 18.5 Å². The van der Waals surface area contributed by atoms with Crippen LogP contribution in [0.3, 0.4) is 0 Å². The second kappa shape index (κ2) is 10.1. The molecule has 3 aromatic rings. The van der Waals surface area contributed by atoms with Crippen molar-refractivity contribution in [1.29, 1.82) is 0 Å². The second-order valence-electron chi connectivity index (χ2n) is 9.17. The summed E-state index contributed by atoms with van der Waals surface area (Å²) >= 11 is 3.73. The van der Waals surface area contributed by atoms with Crippen molar-refractivity contribution in [3.63, 3.8) is 0 Å².